The van der Waals surface area contributed by atoms with Crippen LogP contribution in [0.5, 0.6) is 0 Å². The van der Waals surface area contributed by atoms with Crippen molar-refractivity contribution in [2.24, 2.45) is 0 Å². The van der Waals surface area contributed by atoms with E-state index in [0.717, 1.165) is 0 Å². The Morgan fingerprint density at radius 1 is 1.11 bits per heavy atom. The van der Waals surface area contributed by atoms with E-state index in [-0.39, 0.29) is 24.2 Å². The Balaban J connectivity index is 1.49. The largest absolute Gasteiger partial charge is 0.448 e. The Hall–Kier alpha value is -2.37. The molecular weight excluding hydrogens is 354 g/mol. The van der Waals surface area contributed by atoms with Crippen LogP contribution in [0.4, 0.5) is 4.79 Å². The third kappa shape index (κ3) is 3.40. The molecule has 0 radical (unpaired) electrons. The fraction of sp³-hybridized carbons (Fsp3) is 0.435. The maximum absolute atomic E-state index is 12.9. The molecule has 0 bridgehead atoms. The summed E-state index contributed by atoms with van der Waals surface area (Å²) >= 11 is 0. The normalized spacial score (nSPS) is 23.8. The van der Waals surface area contributed by atoms with Crippen LogP contribution in [0.1, 0.15) is 43.7 Å². The van der Waals surface area contributed by atoms with Gasteiger partial charge in [-0.3, -0.25) is 0 Å². The second kappa shape index (κ2) is 7.94. The molecule has 2 aromatic carbocycles. The van der Waals surface area contributed by atoms with Crippen LogP contribution >= 0.6 is 0 Å². The number of amides is 1. The summed E-state index contributed by atoms with van der Waals surface area (Å²) in [5, 5.41) is 9.67. The fourth-order valence-electron chi connectivity index (χ4n) is 4.54. The van der Waals surface area contributed by atoms with Gasteiger partial charge in [0.25, 0.3) is 0 Å². The van der Waals surface area contributed by atoms with Crippen molar-refractivity contribution in [2.45, 2.75) is 51.0 Å². The average Bonchev–Trinajstić information content (AvgIpc) is 3.02. The van der Waals surface area contributed by atoms with Gasteiger partial charge in [-0.05, 0) is 42.5 Å². The Morgan fingerprint density at radius 2 is 1.71 bits per heavy atom. The number of fused-ring (bicyclic) bond motifs is 3. The molecule has 2 aromatic rings. The number of aliphatic hydroxyl groups is 1. The van der Waals surface area contributed by atoms with E-state index in [4.69, 9.17) is 9.47 Å². The van der Waals surface area contributed by atoms with E-state index in [1.807, 2.05) is 38.1 Å². The van der Waals surface area contributed by atoms with E-state index in [2.05, 4.69) is 24.3 Å². The predicted molar refractivity (Wildman–Crippen MR) is 107 cm³/mol. The summed E-state index contributed by atoms with van der Waals surface area (Å²) in [6, 6.07) is 16.6. The molecule has 2 aliphatic rings. The molecule has 1 heterocycles. The molecule has 1 aliphatic carbocycles. The van der Waals surface area contributed by atoms with E-state index in [0.29, 0.717) is 26.0 Å². The van der Waals surface area contributed by atoms with Gasteiger partial charge in [0.2, 0.25) is 0 Å². The van der Waals surface area contributed by atoms with Crippen molar-refractivity contribution in [1.82, 2.24) is 4.90 Å². The standard InChI is InChI=1S/C23H27NO4/c1-3-24(21-12-13-22(25)28-15(21)2)23(26)27-14-20-18-10-6-4-8-16(18)17-9-5-7-11-19(17)20/h4-11,15,20-22,25H,3,12-14H2,1-2H3/t15-,21+,22?/m0/s1. The number of ether oxygens (including phenoxy) is 2. The number of hydrogen-bond acceptors (Lipinski definition) is 4. The van der Waals surface area contributed by atoms with E-state index in [1.165, 1.54) is 22.3 Å². The Labute approximate surface area is 165 Å². The molecule has 1 N–H and O–H groups in total. The first kappa shape index (κ1) is 19.0. The van der Waals surface area contributed by atoms with E-state index >= 15 is 0 Å². The molecule has 1 aliphatic heterocycles. The van der Waals surface area contributed by atoms with Crippen LogP contribution in [-0.4, -0.2) is 47.7 Å². The highest BCUT2D eigenvalue weighted by Gasteiger charge is 2.35. The van der Waals surface area contributed by atoms with Crippen LogP contribution in [0.2, 0.25) is 0 Å². The van der Waals surface area contributed by atoms with Crippen molar-refractivity contribution in [3.63, 3.8) is 0 Å². The summed E-state index contributed by atoms with van der Waals surface area (Å²) in [5.41, 5.74) is 4.85. The third-order valence-corrected chi connectivity index (χ3v) is 5.93. The molecule has 0 spiro atoms. The lowest BCUT2D eigenvalue weighted by atomic mass is 9.98. The van der Waals surface area contributed by atoms with Gasteiger partial charge in [0.05, 0.1) is 12.1 Å². The number of hydrogen-bond donors (Lipinski definition) is 1. The van der Waals surface area contributed by atoms with Crippen molar-refractivity contribution in [3.8, 4) is 11.1 Å². The van der Waals surface area contributed by atoms with Gasteiger partial charge in [-0.15, -0.1) is 0 Å². The van der Waals surface area contributed by atoms with Gasteiger partial charge in [0.1, 0.15) is 6.61 Å². The lowest BCUT2D eigenvalue weighted by Gasteiger charge is -2.39. The molecule has 1 fully saturated rings. The Morgan fingerprint density at radius 3 is 2.29 bits per heavy atom. The lowest BCUT2D eigenvalue weighted by Crippen LogP contribution is -2.51. The van der Waals surface area contributed by atoms with Gasteiger partial charge in [-0.2, -0.15) is 0 Å². The van der Waals surface area contributed by atoms with E-state index < -0.39 is 6.29 Å². The number of aliphatic hydroxyl groups excluding tert-OH is 1. The zero-order chi connectivity index (χ0) is 19.7. The monoisotopic (exact) mass is 381 g/mol. The highest BCUT2D eigenvalue weighted by molar-refractivity contribution is 5.79. The molecule has 1 amide bonds. The first-order valence-corrected chi connectivity index (χ1v) is 10.0. The van der Waals surface area contributed by atoms with Crippen LogP contribution in [0, 0.1) is 0 Å². The SMILES string of the molecule is CCN(C(=O)OCC1c2ccccc2-c2ccccc21)[C@@H]1CCC(O)O[C@H]1C. The van der Waals surface area contributed by atoms with Crippen LogP contribution < -0.4 is 0 Å². The minimum absolute atomic E-state index is 0.0527. The van der Waals surface area contributed by atoms with Crippen molar-refractivity contribution < 1.29 is 19.4 Å². The molecule has 28 heavy (non-hydrogen) atoms. The Kier molecular flexibility index (Phi) is 5.38. The topological polar surface area (TPSA) is 59.0 Å². The number of nitrogens with zero attached hydrogens (tertiary/aromatic N) is 1. The summed E-state index contributed by atoms with van der Waals surface area (Å²) in [6.07, 6.45) is -0.0411. The van der Waals surface area contributed by atoms with Crippen LogP contribution in [0.25, 0.3) is 11.1 Å². The molecule has 1 saturated heterocycles. The smallest absolute Gasteiger partial charge is 0.410 e. The molecule has 5 nitrogen and oxygen atoms in total. The number of likely N-dealkylation sites (N-methyl/N-ethyl adjacent to an activating group) is 1. The minimum atomic E-state index is -0.743. The molecule has 5 heteroatoms. The van der Waals surface area contributed by atoms with Gasteiger partial charge < -0.3 is 19.5 Å². The molecular formula is C23H27NO4. The number of rotatable bonds is 4. The highest BCUT2D eigenvalue weighted by atomic mass is 16.6. The second-order valence-corrected chi connectivity index (χ2v) is 7.53. The lowest BCUT2D eigenvalue weighted by molar-refractivity contribution is -0.178. The van der Waals surface area contributed by atoms with E-state index in [1.54, 1.807) is 4.90 Å². The molecule has 0 saturated carbocycles. The van der Waals surface area contributed by atoms with Gasteiger partial charge >= 0.3 is 6.09 Å². The first-order valence-electron chi connectivity index (χ1n) is 10.0. The number of benzene rings is 2. The summed E-state index contributed by atoms with van der Waals surface area (Å²) in [7, 11) is 0. The van der Waals surface area contributed by atoms with E-state index in [9.17, 15) is 9.90 Å². The van der Waals surface area contributed by atoms with Crippen molar-refractivity contribution in [3.05, 3.63) is 59.7 Å². The number of carbonyl (C=O) groups is 1. The first-order chi connectivity index (χ1) is 13.6. The zero-order valence-electron chi connectivity index (χ0n) is 16.4. The summed E-state index contributed by atoms with van der Waals surface area (Å²) < 4.78 is 11.3. The predicted octanol–water partition coefficient (Wildman–Crippen LogP) is 4.14. The molecule has 148 valence electrons. The molecule has 3 atom stereocenters. The average molecular weight is 381 g/mol. The minimum Gasteiger partial charge on any atom is -0.448 e. The van der Waals surface area contributed by atoms with Crippen LogP contribution in [-0.2, 0) is 9.47 Å². The summed E-state index contributed by atoms with van der Waals surface area (Å²) in [4.78, 5) is 14.6. The Bertz CT molecular complexity index is 807. The fourth-order valence-corrected chi connectivity index (χ4v) is 4.54. The van der Waals surface area contributed by atoms with Gasteiger partial charge in [0, 0.05) is 18.9 Å². The zero-order valence-corrected chi connectivity index (χ0v) is 16.4. The highest BCUT2D eigenvalue weighted by Crippen LogP contribution is 2.44. The summed E-state index contributed by atoms with van der Waals surface area (Å²) in [6.45, 7) is 4.70. The van der Waals surface area contributed by atoms with Crippen molar-refractivity contribution in [2.75, 3.05) is 13.2 Å². The maximum Gasteiger partial charge on any atom is 0.410 e. The quantitative estimate of drug-likeness (QED) is 0.865. The third-order valence-electron chi connectivity index (χ3n) is 5.93. The van der Waals surface area contributed by atoms with Crippen molar-refractivity contribution in [1.29, 1.82) is 0 Å². The molecule has 4 rings (SSSR count). The van der Waals surface area contributed by atoms with Gasteiger partial charge in [-0.1, -0.05) is 48.5 Å². The maximum atomic E-state index is 12.9. The van der Waals surface area contributed by atoms with Gasteiger partial charge in [-0.25, -0.2) is 4.79 Å². The van der Waals surface area contributed by atoms with Crippen LogP contribution in [0.3, 0.4) is 0 Å². The number of carbonyl (C=O) groups excluding carboxylic acids is 1. The summed E-state index contributed by atoms with van der Waals surface area (Å²) in [5.74, 6) is 0.0527. The molecule has 0 aromatic heterocycles. The van der Waals surface area contributed by atoms with Gasteiger partial charge in [0.15, 0.2) is 6.29 Å². The van der Waals surface area contributed by atoms with Crippen LogP contribution in [0.15, 0.2) is 48.5 Å². The second-order valence-electron chi connectivity index (χ2n) is 7.53. The van der Waals surface area contributed by atoms with Crippen molar-refractivity contribution >= 4 is 6.09 Å². The molecule has 1 unspecified atom stereocenters.